The second-order valence-electron chi connectivity index (χ2n) is 5.01. The van der Waals surface area contributed by atoms with Crippen LogP contribution in [-0.2, 0) is 0 Å². The monoisotopic (exact) mass is 284 g/mol. The smallest absolute Gasteiger partial charge is 0.134 e. The predicted molar refractivity (Wildman–Crippen MR) is 82.8 cm³/mol. The lowest BCUT2D eigenvalue weighted by atomic mass is 10.0. The first kappa shape index (κ1) is 13.6. The van der Waals surface area contributed by atoms with Crippen LogP contribution in [0.2, 0.25) is 0 Å². The van der Waals surface area contributed by atoms with E-state index in [4.69, 9.17) is 10.2 Å². The average molecular weight is 284 g/mol. The highest BCUT2D eigenvalue weighted by Crippen LogP contribution is 2.32. The Morgan fingerprint density at radius 2 is 2.00 bits per heavy atom. The number of rotatable bonds is 4. The van der Waals surface area contributed by atoms with Crippen molar-refractivity contribution < 1.29 is 8.81 Å². The van der Waals surface area contributed by atoms with E-state index in [1.807, 2.05) is 37.3 Å². The lowest BCUT2D eigenvalue weighted by Gasteiger charge is -2.18. The fourth-order valence-electron chi connectivity index (χ4n) is 2.65. The van der Waals surface area contributed by atoms with E-state index < -0.39 is 0 Å². The van der Waals surface area contributed by atoms with Crippen molar-refractivity contribution in [1.29, 1.82) is 0 Å². The third kappa shape index (κ3) is 2.62. The summed E-state index contributed by atoms with van der Waals surface area (Å²) in [5, 5.41) is 4.32. The van der Waals surface area contributed by atoms with Crippen LogP contribution in [-0.4, -0.2) is 6.54 Å². The number of benzene rings is 2. The van der Waals surface area contributed by atoms with E-state index in [0.717, 1.165) is 22.3 Å². The van der Waals surface area contributed by atoms with Crippen molar-refractivity contribution in [2.75, 3.05) is 11.9 Å². The molecule has 0 saturated carbocycles. The van der Waals surface area contributed by atoms with Gasteiger partial charge in [-0.25, -0.2) is 4.39 Å². The molecule has 1 heterocycles. The molecule has 0 aliphatic rings. The number of hydrogen-bond acceptors (Lipinski definition) is 3. The molecule has 3 nitrogen and oxygen atoms in total. The summed E-state index contributed by atoms with van der Waals surface area (Å²) in [5.41, 5.74) is 8.48. The lowest BCUT2D eigenvalue weighted by Crippen LogP contribution is -2.21. The van der Waals surface area contributed by atoms with Crippen molar-refractivity contribution in [3.63, 3.8) is 0 Å². The van der Waals surface area contributed by atoms with Gasteiger partial charge < -0.3 is 15.5 Å². The van der Waals surface area contributed by atoms with Gasteiger partial charge in [-0.05, 0) is 31.2 Å². The quantitative estimate of drug-likeness (QED) is 0.761. The fourth-order valence-corrected chi connectivity index (χ4v) is 2.65. The van der Waals surface area contributed by atoms with Gasteiger partial charge >= 0.3 is 0 Å². The molecule has 2 aromatic carbocycles. The summed E-state index contributed by atoms with van der Waals surface area (Å²) < 4.78 is 19.1. The Bertz CT molecular complexity index is 766. The van der Waals surface area contributed by atoms with Crippen molar-refractivity contribution in [1.82, 2.24) is 0 Å². The van der Waals surface area contributed by atoms with E-state index in [0.29, 0.717) is 12.2 Å². The van der Waals surface area contributed by atoms with Gasteiger partial charge in [-0.2, -0.15) is 0 Å². The van der Waals surface area contributed by atoms with Crippen LogP contribution in [0.5, 0.6) is 0 Å². The average Bonchev–Trinajstić information content (AvgIpc) is 2.81. The molecule has 1 unspecified atom stereocenters. The molecule has 0 amide bonds. The lowest BCUT2D eigenvalue weighted by molar-refractivity contribution is 0.566. The zero-order valence-electron chi connectivity index (χ0n) is 11.8. The first-order valence-electron chi connectivity index (χ1n) is 6.89. The number of para-hydroxylation sites is 1. The zero-order valence-corrected chi connectivity index (χ0v) is 11.8. The van der Waals surface area contributed by atoms with E-state index in [1.54, 1.807) is 6.07 Å². The minimum atomic E-state index is -0.274. The summed E-state index contributed by atoms with van der Waals surface area (Å²) in [6.07, 6.45) is 0. The Morgan fingerprint density at radius 1 is 1.19 bits per heavy atom. The topological polar surface area (TPSA) is 51.2 Å². The van der Waals surface area contributed by atoms with E-state index in [-0.39, 0.29) is 11.9 Å². The predicted octanol–water partition coefficient (Wildman–Crippen LogP) is 3.99. The Hall–Kier alpha value is -2.33. The summed E-state index contributed by atoms with van der Waals surface area (Å²) in [6, 6.07) is 14.1. The van der Waals surface area contributed by atoms with Crippen LogP contribution in [0.4, 0.5) is 10.1 Å². The highest BCUT2D eigenvalue weighted by atomic mass is 19.1. The van der Waals surface area contributed by atoms with Crippen LogP contribution >= 0.6 is 0 Å². The van der Waals surface area contributed by atoms with Gasteiger partial charge in [0.25, 0.3) is 0 Å². The molecule has 4 heteroatoms. The zero-order chi connectivity index (χ0) is 14.8. The molecule has 0 aliphatic carbocycles. The third-order valence-electron chi connectivity index (χ3n) is 3.57. The number of nitrogens with two attached hydrogens (primary N) is 1. The summed E-state index contributed by atoms with van der Waals surface area (Å²) >= 11 is 0. The summed E-state index contributed by atoms with van der Waals surface area (Å²) in [5.74, 6) is 0.556. The van der Waals surface area contributed by atoms with Crippen LogP contribution in [0.3, 0.4) is 0 Å². The summed E-state index contributed by atoms with van der Waals surface area (Å²) in [7, 11) is 0. The van der Waals surface area contributed by atoms with Crippen molar-refractivity contribution in [2.45, 2.75) is 13.0 Å². The second-order valence-corrected chi connectivity index (χ2v) is 5.01. The summed E-state index contributed by atoms with van der Waals surface area (Å²) in [4.78, 5) is 0. The van der Waals surface area contributed by atoms with E-state index >= 15 is 0 Å². The maximum atomic E-state index is 13.3. The number of hydrogen-bond donors (Lipinski definition) is 2. The number of aryl methyl sites for hydroxylation is 1. The molecule has 0 aliphatic heterocycles. The standard InChI is InChI=1S/C17H17FN2O/c1-11-17(14-7-2-3-8-16(14)21-11)15(10-19)20-13-6-4-5-12(18)9-13/h2-9,15,20H,10,19H2,1H3. The van der Waals surface area contributed by atoms with Gasteiger partial charge in [-0.3, -0.25) is 0 Å². The maximum absolute atomic E-state index is 13.3. The number of fused-ring (bicyclic) bond motifs is 1. The molecular weight excluding hydrogens is 267 g/mol. The molecule has 21 heavy (non-hydrogen) atoms. The number of anilines is 1. The van der Waals surface area contributed by atoms with Crippen LogP contribution in [0.15, 0.2) is 52.9 Å². The molecule has 0 saturated heterocycles. The third-order valence-corrected chi connectivity index (χ3v) is 3.57. The largest absolute Gasteiger partial charge is 0.461 e. The molecule has 1 aromatic heterocycles. The first-order chi connectivity index (χ1) is 10.2. The van der Waals surface area contributed by atoms with Crippen LogP contribution in [0.25, 0.3) is 11.0 Å². The van der Waals surface area contributed by atoms with Gasteiger partial charge in [0.15, 0.2) is 0 Å². The van der Waals surface area contributed by atoms with Crippen molar-refractivity contribution in [2.24, 2.45) is 5.73 Å². The Balaban J connectivity index is 2.00. The van der Waals surface area contributed by atoms with Gasteiger partial charge in [0.2, 0.25) is 0 Å². The van der Waals surface area contributed by atoms with E-state index in [9.17, 15) is 4.39 Å². The van der Waals surface area contributed by atoms with Crippen LogP contribution in [0.1, 0.15) is 17.4 Å². The van der Waals surface area contributed by atoms with Crippen molar-refractivity contribution in [3.05, 3.63) is 65.7 Å². The van der Waals surface area contributed by atoms with Crippen molar-refractivity contribution in [3.8, 4) is 0 Å². The maximum Gasteiger partial charge on any atom is 0.134 e. The van der Waals surface area contributed by atoms with Crippen LogP contribution in [0, 0.1) is 12.7 Å². The molecule has 0 fully saturated rings. The molecule has 3 aromatic rings. The molecule has 1 atom stereocenters. The highest BCUT2D eigenvalue weighted by molar-refractivity contribution is 5.83. The van der Waals surface area contributed by atoms with Gasteiger partial charge in [0.1, 0.15) is 17.2 Å². The second kappa shape index (κ2) is 5.58. The molecule has 3 N–H and O–H groups in total. The Labute approximate surface area is 122 Å². The summed E-state index contributed by atoms with van der Waals surface area (Å²) in [6.45, 7) is 2.31. The van der Waals surface area contributed by atoms with Crippen molar-refractivity contribution >= 4 is 16.7 Å². The molecular formula is C17H17FN2O. The molecule has 3 rings (SSSR count). The number of furan rings is 1. The molecule has 0 bridgehead atoms. The molecule has 108 valence electrons. The number of halogens is 1. The first-order valence-corrected chi connectivity index (χ1v) is 6.89. The van der Waals surface area contributed by atoms with Gasteiger partial charge in [-0.1, -0.05) is 24.3 Å². The minimum absolute atomic E-state index is 0.129. The molecule has 0 radical (unpaired) electrons. The van der Waals surface area contributed by atoms with Crippen LogP contribution < -0.4 is 11.1 Å². The number of nitrogens with one attached hydrogen (secondary N) is 1. The van der Waals surface area contributed by atoms with Gasteiger partial charge in [-0.15, -0.1) is 0 Å². The SMILES string of the molecule is Cc1oc2ccccc2c1C(CN)Nc1cccc(F)c1. The minimum Gasteiger partial charge on any atom is -0.461 e. The Morgan fingerprint density at radius 3 is 2.76 bits per heavy atom. The molecule has 0 spiro atoms. The van der Waals surface area contributed by atoms with Gasteiger partial charge in [0, 0.05) is 23.2 Å². The van der Waals surface area contributed by atoms with E-state index in [1.165, 1.54) is 12.1 Å². The fraction of sp³-hybridized carbons (Fsp3) is 0.176. The highest BCUT2D eigenvalue weighted by Gasteiger charge is 2.19. The van der Waals surface area contributed by atoms with E-state index in [2.05, 4.69) is 5.32 Å². The van der Waals surface area contributed by atoms with Gasteiger partial charge in [0.05, 0.1) is 6.04 Å². The Kier molecular flexibility index (Phi) is 3.62. The normalized spacial score (nSPS) is 12.5.